The number of hydrogen-bond acceptors (Lipinski definition) is 4. The van der Waals surface area contributed by atoms with E-state index in [1.165, 1.54) is 7.11 Å². The van der Waals surface area contributed by atoms with Crippen LogP contribution in [0.4, 0.5) is 5.82 Å². The van der Waals surface area contributed by atoms with E-state index in [-0.39, 0.29) is 5.92 Å². The van der Waals surface area contributed by atoms with Crippen molar-refractivity contribution >= 4 is 11.8 Å². The molecule has 0 atom stereocenters. The number of carbonyl (C=O) groups is 1. The van der Waals surface area contributed by atoms with E-state index in [0.29, 0.717) is 18.1 Å². The minimum Gasteiger partial charge on any atom is -0.464 e. The Hall–Kier alpha value is -1.52. The highest BCUT2D eigenvalue weighted by atomic mass is 16.5. The molecular formula is C10H17N3O2. The summed E-state index contributed by atoms with van der Waals surface area (Å²) in [5.41, 5.74) is 6.99. The van der Waals surface area contributed by atoms with Crippen LogP contribution in [0, 0.1) is 0 Å². The molecule has 0 radical (unpaired) electrons. The molecule has 0 saturated carbocycles. The first-order valence-electron chi connectivity index (χ1n) is 4.97. The second kappa shape index (κ2) is 4.33. The summed E-state index contributed by atoms with van der Waals surface area (Å²) in [5.74, 6) is 0.268. The number of hydrogen-bond donors (Lipinski definition) is 1. The lowest BCUT2D eigenvalue weighted by molar-refractivity contribution is 0.0591. The second-order valence-electron chi connectivity index (χ2n) is 3.61. The van der Waals surface area contributed by atoms with Crippen molar-refractivity contribution in [2.75, 3.05) is 12.8 Å². The van der Waals surface area contributed by atoms with Gasteiger partial charge in [0.2, 0.25) is 0 Å². The Bertz CT molecular complexity index is 369. The van der Waals surface area contributed by atoms with Gasteiger partial charge in [0.25, 0.3) is 0 Å². The van der Waals surface area contributed by atoms with Gasteiger partial charge in [0.15, 0.2) is 5.69 Å². The predicted molar refractivity (Wildman–Crippen MR) is 57.7 cm³/mol. The van der Waals surface area contributed by atoms with Gasteiger partial charge in [-0.05, 0) is 12.8 Å². The fraction of sp³-hybridized carbons (Fsp3) is 0.600. The number of carbonyl (C=O) groups excluding carboxylic acids is 1. The zero-order chi connectivity index (χ0) is 11.6. The quantitative estimate of drug-likeness (QED) is 0.767. The lowest BCUT2D eigenvalue weighted by atomic mass is 10.0. The Labute approximate surface area is 89.2 Å². The molecule has 0 fully saturated rings. The molecular weight excluding hydrogens is 194 g/mol. The molecule has 84 valence electrons. The van der Waals surface area contributed by atoms with Gasteiger partial charge in [0.05, 0.1) is 7.11 Å². The van der Waals surface area contributed by atoms with Crippen molar-refractivity contribution in [2.45, 2.75) is 33.2 Å². The van der Waals surface area contributed by atoms with Gasteiger partial charge in [0.1, 0.15) is 5.82 Å². The fourth-order valence-electron chi connectivity index (χ4n) is 1.55. The summed E-state index contributed by atoms with van der Waals surface area (Å²) in [6, 6.07) is 0. The van der Waals surface area contributed by atoms with Crippen LogP contribution in [0.1, 0.15) is 42.7 Å². The van der Waals surface area contributed by atoms with E-state index in [2.05, 4.69) is 9.84 Å². The van der Waals surface area contributed by atoms with Gasteiger partial charge in [0, 0.05) is 12.1 Å². The molecule has 5 nitrogen and oxygen atoms in total. The van der Waals surface area contributed by atoms with E-state index in [1.807, 2.05) is 20.8 Å². The topological polar surface area (TPSA) is 70.1 Å². The Morgan fingerprint density at radius 3 is 2.60 bits per heavy atom. The molecule has 5 heteroatoms. The highest BCUT2D eigenvalue weighted by Crippen LogP contribution is 2.26. The van der Waals surface area contributed by atoms with Crippen LogP contribution in [0.2, 0.25) is 0 Å². The van der Waals surface area contributed by atoms with Crippen LogP contribution in [0.25, 0.3) is 0 Å². The van der Waals surface area contributed by atoms with Crippen LogP contribution in [-0.4, -0.2) is 22.9 Å². The van der Waals surface area contributed by atoms with Gasteiger partial charge in [-0.1, -0.05) is 13.8 Å². The average molecular weight is 211 g/mol. The highest BCUT2D eigenvalue weighted by Gasteiger charge is 2.23. The molecule has 15 heavy (non-hydrogen) atoms. The van der Waals surface area contributed by atoms with Crippen molar-refractivity contribution in [1.82, 2.24) is 9.78 Å². The van der Waals surface area contributed by atoms with Crippen LogP contribution >= 0.6 is 0 Å². The number of nitrogens with two attached hydrogens (primary N) is 1. The number of nitrogens with zero attached hydrogens (tertiary/aromatic N) is 2. The molecule has 0 aliphatic heterocycles. The average Bonchev–Trinajstić information content (AvgIpc) is 2.54. The SMILES string of the molecule is CCn1nc(C(=O)OC)c(C(C)C)c1N. The number of ether oxygens (including phenoxy) is 1. The van der Waals surface area contributed by atoms with Gasteiger partial charge in [-0.2, -0.15) is 5.10 Å². The minimum absolute atomic E-state index is 0.152. The molecule has 0 bridgehead atoms. The summed E-state index contributed by atoms with van der Waals surface area (Å²) in [5, 5.41) is 4.14. The molecule has 0 aliphatic carbocycles. The molecule has 1 rings (SSSR count). The number of anilines is 1. The Morgan fingerprint density at radius 1 is 1.60 bits per heavy atom. The molecule has 2 N–H and O–H groups in total. The molecule has 1 aromatic heterocycles. The van der Waals surface area contributed by atoms with E-state index in [4.69, 9.17) is 5.73 Å². The molecule has 0 spiro atoms. The third-order valence-electron chi connectivity index (χ3n) is 2.29. The zero-order valence-corrected chi connectivity index (χ0v) is 9.57. The number of aromatic nitrogens is 2. The van der Waals surface area contributed by atoms with E-state index < -0.39 is 5.97 Å². The number of rotatable bonds is 3. The zero-order valence-electron chi connectivity index (χ0n) is 9.57. The summed E-state index contributed by atoms with van der Waals surface area (Å²) >= 11 is 0. The first-order valence-corrected chi connectivity index (χ1v) is 4.97. The van der Waals surface area contributed by atoms with Crippen LogP contribution in [0.15, 0.2) is 0 Å². The van der Waals surface area contributed by atoms with Gasteiger partial charge < -0.3 is 10.5 Å². The smallest absolute Gasteiger partial charge is 0.358 e. The van der Waals surface area contributed by atoms with E-state index in [1.54, 1.807) is 4.68 Å². The molecule has 0 saturated heterocycles. The van der Waals surface area contributed by atoms with Crippen molar-refractivity contribution < 1.29 is 9.53 Å². The predicted octanol–water partition coefficient (Wildman–Crippen LogP) is 1.40. The Balaban J connectivity index is 3.31. The molecule has 1 aromatic rings. The maximum Gasteiger partial charge on any atom is 0.358 e. The van der Waals surface area contributed by atoms with Gasteiger partial charge >= 0.3 is 5.97 Å². The first kappa shape index (κ1) is 11.6. The van der Waals surface area contributed by atoms with E-state index in [9.17, 15) is 4.79 Å². The summed E-state index contributed by atoms with van der Waals surface area (Å²) in [4.78, 5) is 11.5. The number of nitrogen functional groups attached to an aromatic ring is 1. The van der Waals surface area contributed by atoms with Gasteiger partial charge in [-0.25, -0.2) is 9.48 Å². The molecule has 0 aromatic carbocycles. The van der Waals surface area contributed by atoms with E-state index >= 15 is 0 Å². The van der Waals surface area contributed by atoms with Crippen molar-refractivity contribution in [2.24, 2.45) is 0 Å². The summed E-state index contributed by atoms with van der Waals surface area (Å²) < 4.78 is 6.28. The lowest BCUT2D eigenvalue weighted by Crippen LogP contribution is -2.07. The van der Waals surface area contributed by atoms with E-state index in [0.717, 1.165) is 5.56 Å². The summed E-state index contributed by atoms with van der Waals surface area (Å²) in [6.07, 6.45) is 0. The first-order chi connectivity index (χ1) is 7.02. The van der Waals surface area contributed by atoms with Crippen molar-refractivity contribution in [3.63, 3.8) is 0 Å². The Kier molecular flexibility index (Phi) is 3.34. The minimum atomic E-state index is -0.433. The van der Waals surface area contributed by atoms with Gasteiger partial charge in [-0.3, -0.25) is 0 Å². The normalized spacial score (nSPS) is 10.7. The third kappa shape index (κ3) is 1.95. The molecule has 0 amide bonds. The van der Waals surface area contributed by atoms with Crippen LogP contribution in [0.3, 0.4) is 0 Å². The highest BCUT2D eigenvalue weighted by molar-refractivity contribution is 5.90. The summed E-state index contributed by atoms with van der Waals surface area (Å²) in [7, 11) is 1.34. The van der Waals surface area contributed by atoms with Crippen molar-refractivity contribution in [3.8, 4) is 0 Å². The lowest BCUT2D eigenvalue weighted by Gasteiger charge is -2.05. The number of methoxy groups -OCH3 is 1. The maximum absolute atomic E-state index is 11.5. The maximum atomic E-state index is 11.5. The Morgan fingerprint density at radius 2 is 2.20 bits per heavy atom. The number of aryl methyl sites for hydroxylation is 1. The van der Waals surface area contributed by atoms with Crippen LogP contribution in [-0.2, 0) is 11.3 Å². The standard InChI is InChI=1S/C10H17N3O2/c1-5-13-9(11)7(6(2)3)8(12-13)10(14)15-4/h6H,5,11H2,1-4H3. The number of esters is 1. The van der Waals surface area contributed by atoms with Gasteiger partial charge in [-0.15, -0.1) is 0 Å². The molecule has 0 aliphatic rings. The van der Waals surface area contributed by atoms with Crippen molar-refractivity contribution in [3.05, 3.63) is 11.3 Å². The monoisotopic (exact) mass is 211 g/mol. The van der Waals surface area contributed by atoms with Crippen LogP contribution < -0.4 is 5.73 Å². The van der Waals surface area contributed by atoms with Crippen molar-refractivity contribution in [1.29, 1.82) is 0 Å². The second-order valence-corrected chi connectivity index (χ2v) is 3.61. The summed E-state index contributed by atoms with van der Waals surface area (Å²) in [6.45, 7) is 6.51. The third-order valence-corrected chi connectivity index (χ3v) is 2.29. The largest absolute Gasteiger partial charge is 0.464 e. The van der Waals surface area contributed by atoms with Crippen LogP contribution in [0.5, 0.6) is 0 Å². The fourth-order valence-corrected chi connectivity index (χ4v) is 1.55. The molecule has 0 unspecified atom stereocenters. The molecule has 1 heterocycles.